The fraction of sp³-hybridized carbons (Fsp3) is 0.562. The SMILES string of the molecule is CCC(CC)CN(CC)Cc1cc(F)cc(C#N)c1. The van der Waals surface area contributed by atoms with Crippen molar-refractivity contribution in [2.75, 3.05) is 13.1 Å². The van der Waals surface area contributed by atoms with E-state index in [-0.39, 0.29) is 5.82 Å². The summed E-state index contributed by atoms with van der Waals surface area (Å²) in [5.74, 6) is 0.358. The molecule has 0 aromatic heterocycles. The minimum absolute atomic E-state index is 0.326. The van der Waals surface area contributed by atoms with E-state index < -0.39 is 0 Å². The molecule has 0 amide bonds. The first kappa shape index (κ1) is 15.7. The second-order valence-electron chi connectivity index (χ2n) is 4.97. The van der Waals surface area contributed by atoms with E-state index in [2.05, 4.69) is 25.7 Å². The van der Waals surface area contributed by atoms with Crippen molar-refractivity contribution < 1.29 is 4.39 Å². The molecule has 0 atom stereocenters. The normalized spacial score (nSPS) is 11.0. The van der Waals surface area contributed by atoms with E-state index >= 15 is 0 Å². The number of hydrogen-bond acceptors (Lipinski definition) is 2. The van der Waals surface area contributed by atoms with Gasteiger partial charge in [-0.25, -0.2) is 4.39 Å². The Morgan fingerprint density at radius 2 is 1.89 bits per heavy atom. The van der Waals surface area contributed by atoms with E-state index in [1.54, 1.807) is 6.07 Å². The molecule has 0 saturated carbocycles. The number of nitriles is 1. The first-order chi connectivity index (χ1) is 9.12. The van der Waals surface area contributed by atoms with Gasteiger partial charge in [-0.15, -0.1) is 0 Å². The summed E-state index contributed by atoms with van der Waals surface area (Å²) < 4.78 is 13.4. The van der Waals surface area contributed by atoms with Gasteiger partial charge in [-0.2, -0.15) is 5.26 Å². The number of halogens is 1. The summed E-state index contributed by atoms with van der Waals surface area (Å²) in [7, 11) is 0. The van der Waals surface area contributed by atoms with Crippen molar-refractivity contribution in [3.8, 4) is 6.07 Å². The van der Waals surface area contributed by atoms with Gasteiger partial charge >= 0.3 is 0 Å². The second-order valence-corrected chi connectivity index (χ2v) is 4.97. The molecular formula is C16H23FN2. The Hall–Kier alpha value is -1.40. The topological polar surface area (TPSA) is 27.0 Å². The van der Waals surface area contributed by atoms with Crippen LogP contribution in [0, 0.1) is 23.1 Å². The zero-order valence-corrected chi connectivity index (χ0v) is 12.1. The lowest BCUT2D eigenvalue weighted by Gasteiger charge is -2.25. The zero-order chi connectivity index (χ0) is 14.3. The summed E-state index contributed by atoms with van der Waals surface area (Å²) in [4.78, 5) is 2.31. The third-order valence-corrected chi connectivity index (χ3v) is 3.61. The van der Waals surface area contributed by atoms with Crippen LogP contribution in [0.25, 0.3) is 0 Å². The molecule has 2 nitrogen and oxygen atoms in total. The Labute approximate surface area is 115 Å². The first-order valence-electron chi connectivity index (χ1n) is 7.04. The first-order valence-corrected chi connectivity index (χ1v) is 7.04. The van der Waals surface area contributed by atoms with Gasteiger partial charge in [-0.3, -0.25) is 4.90 Å². The molecule has 0 aliphatic heterocycles. The van der Waals surface area contributed by atoms with Crippen LogP contribution in [-0.2, 0) is 6.54 Å². The van der Waals surface area contributed by atoms with E-state index in [0.717, 1.165) is 18.7 Å². The lowest BCUT2D eigenvalue weighted by Crippen LogP contribution is -2.28. The quantitative estimate of drug-likeness (QED) is 0.743. The lowest BCUT2D eigenvalue weighted by atomic mass is 10.0. The summed E-state index contributed by atoms with van der Waals surface area (Å²) in [6.45, 7) is 9.21. The molecule has 0 bridgehead atoms. The highest BCUT2D eigenvalue weighted by molar-refractivity contribution is 5.33. The third-order valence-electron chi connectivity index (χ3n) is 3.61. The molecule has 1 rings (SSSR count). The molecule has 3 heteroatoms. The summed E-state index contributed by atoms with van der Waals surface area (Å²) in [5.41, 5.74) is 1.28. The Bertz CT molecular complexity index is 433. The molecule has 1 aromatic rings. The highest BCUT2D eigenvalue weighted by Crippen LogP contribution is 2.15. The highest BCUT2D eigenvalue weighted by atomic mass is 19.1. The average Bonchev–Trinajstić information content (AvgIpc) is 2.42. The van der Waals surface area contributed by atoms with Crippen LogP contribution in [-0.4, -0.2) is 18.0 Å². The molecule has 0 heterocycles. The van der Waals surface area contributed by atoms with Crippen LogP contribution in [0.15, 0.2) is 18.2 Å². The van der Waals surface area contributed by atoms with Crippen LogP contribution in [0.3, 0.4) is 0 Å². The number of benzene rings is 1. The van der Waals surface area contributed by atoms with Gasteiger partial charge in [0.05, 0.1) is 11.6 Å². The summed E-state index contributed by atoms with van der Waals surface area (Å²) in [6, 6.07) is 6.58. The fourth-order valence-electron chi connectivity index (χ4n) is 2.28. The van der Waals surface area contributed by atoms with Crippen molar-refractivity contribution in [3.63, 3.8) is 0 Å². The van der Waals surface area contributed by atoms with Gasteiger partial charge in [0, 0.05) is 13.1 Å². The Balaban J connectivity index is 2.75. The van der Waals surface area contributed by atoms with Gasteiger partial charge in [0.1, 0.15) is 5.82 Å². The van der Waals surface area contributed by atoms with Gasteiger partial charge in [0.2, 0.25) is 0 Å². The van der Waals surface area contributed by atoms with Crippen LogP contribution in [0.5, 0.6) is 0 Å². The van der Waals surface area contributed by atoms with Crippen LogP contribution < -0.4 is 0 Å². The number of rotatable bonds is 7. The molecule has 0 aliphatic rings. The molecule has 0 unspecified atom stereocenters. The van der Waals surface area contributed by atoms with Crippen molar-refractivity contribution in [1.82, 2.24) is 4.90 Å². The van der Waals surface area contributed by atoms with Crippen molar-refractivity contribution in [2.24, 2.45) is 5.92 Å². The molecule has 0 aliphatic carbocycles. The maximum Gasteiger partial charge on any atom is 0.124 e. The smallest absolute Gasteiger partial charge is 0.124 e. The Kier molecular flexibility index (Phi) is 6.52. The number of nitrogens with zero attached hydrogens (tertiary/aromatic N) is 2. The van der Waals surface area contributed by atoms with Gasteiger partial charge in [0.15, 0.2) is 0 Å². The maximum absolute atomic E-state index is 13.4. The van der Waals surface area contributed by atoms with Crippen LogP contribution in [0.4, 0.5) is 4.39 Å². The second kappa shape index (κ2) is 7.91. The van der Waals surface area contributed by atoms with E-state index in [9.17, 15) is 4.39 Å². The van der Waals surface area contributed by atoms with E-state index in [4.69, 9.17) is 5.26 Å². The molecule has 0 spiro atoms. The van der Waals surface area contributed by atoms with Gasteiger partial charge in [-0.1, -0.05) is 33.6 Å². The standard InChI is InChI=1S/C16H23FN2/c1-4-13(5-2)11-19(6-3)12-15-7-14(10-18)8-16(17)9-15/h7-9,13H,4-6,11-12H2,1-3H3. The molecule has 104 valence electrons. The van der Waals surface area contributed by atoms with E-state index in [1.807, 2.05) is 6.07 Å². The van der Waals surface area contributed by atoms with Crippen LogP contribution in [0.2, 0.25) is 0 Å². The summed E-state index contributed by atoms with van der Waals surface area (Å²) in [6.07, 6.45) is 2.33. The molecule has 0 saturated heterocycles. The largest absolute Gasteiger partial charge is 0.299 e. The van der Waals surface area contributed by atoms with Crippen molar-refractivity contribution in [2.45, 2.75) is 40.2 Å². The van der Waals surface area contributed by atoms with Crippen molar-refractivity contribution in [1.29, 1.82) is 5.26 Å². The molecule has 1 aromatic carbocycles. The third kappa shape index (κ3) is 5.00. The maximum atomic E-state index is 13.4. The average molecular weight is 262 g/mol. The molecule has 0 radical (unpaired) electrons. The zero-order valence-electron chi connectivity index (χ0n) is 12.1. The fourth-order valence-corrected chi connectivity index (χ4v) is 2.28. The minimum Gasteiger partial charge on any atom is -0.299 e. The number of hydrogen-bond donors (Lipinski definition) is 0. The van der Waals surface area contributed by atoms with Crippen molar-refractivity contribution in [3.05, 3.63) is 35.1 Å². The summed E-state index contributed by atoms with van der Waals surface area (Å²) in [5, 5.41) is 8.87. The van der Waals surface area contributed by atoms with Gasteiger partial charge < -0.3 is 0 Å². The molecular weight excluding hydrogens is 239 g/mol. The van der Waals surface area contributed by atoms with Crippen molar-refractivity contribution >= 4 is 0 Å². The van der Waals surface area contributed by atoms with Gasteiger partial charge in [0.25, 0.3) is 0 Å². The van der Waals surface area contributed by atoms with Gasteiger partial charge in [-0.05, 0) is 36.2 Å². The van der Waals surface area contributed by atoms with E-state index in [0.29, 0.717) is 18.0 Å². The molecule has 0 N–H and O–H groups in total. The van der Waals surface area contributed by atoms with Crippen LogP contribution in [0.1, 0.15) is 44.7 Å². The Morgan fingerprint density at radius 3 is 2.42 bits per heavy atom. The minimum atomic E-state index is -0.326. The Morgan fingerprint density at radius 1 is 1.21 bits per heavy atom. The monoisotopic (exact) mass is 262 g/mol. The predicted octanol–water partition coefficient (Wildman–Crippen LogP) is 3.96. The highest BCUT2D eigenvalue weighted by Gasteiger charge is 2.11. The molecule has 19 heavy (non-hydrogen) atoms. The van der Waals surface area contributed by atoms with E-state index in [1.165, 1.54) is 25.0 Å². The summed E-state index contributed by atoms with van der Waals surface area (Å²) >= 11 is 0. The van der Waals surface area contributed by atoms with Crippen LogP contribution >= 0.6 is 0 Å². The predicted molar refractivity (Wildman–Crippen MR) is 76.1 cm³/mol. The molecule has 0 fully saturated rings. The lowest BCUT2D eigenvalue weighted by molar-refractivity contribution is 0.226.